The Morgan fingerprint density at radius 3 is 1.57 bits per heavy atom. The van der Waals surface area contributed by atoms with E-state index in [2.05, 4.69) is 0 Å². The fourth-order valence-electron chi connectivity index (χ4n) is 0.557. The maximum Gasteiger partial charge on any atom is 0.164 e. The van der Waals surface area contributed by atoms with Gasteiger partial charge in [-0.1, -0.05) is 41.5 Å². The van der Waals surface area contributed by atoms with Gasteiger partial charge in [0.25, 0.3) is 0 Å². The minimum atomic E-state index is -0.417. The van der Waals surface area contributed by atoms with Gasteiger partial charge in [-0.05, 0) is 0 Å². The quantitative estimate of drug-likeness (QED) is 0.458. The molecule has 1 radical (unpaired) electrons. The molecule has 2 nitrogen and oxygen atoms in total. The minimum absolute atomic E-state index is 0. The van der Waals surface area contributed by atoms with Crippen LogP contribution in [0.4, 0.5) is 0 Å². The van der Waals surface area contributed by atoms with E-state index in [1.807, 2.05) is 41.5 Å². The van der Waals surface area contributed by atoms with Gasteiger partial charge in [0, 0.05) is 39.3 Å². The van der Waals surface area contributed by atoms with Crippen LogP contribution in [-0.2, 0) is 27.2 Å². The number of hydrogen-bond acceptors (Lipinski definition) is 2. The Hall–Kier alpha value is -0.0497. The number of carbonyl (C=O) groups is 1. The van der Waals surface area contributed by atoms with Gasteiger partial charge >= 0.3 is 0 Å². The first kappa shape index (κ1) is 16.4. The van der Waals surface area contributed by atoms with Crippen LogP contribution in [0.3, 0.4) is 0 Å². The molecule has 0 aromatic rings. The molecule has 0 amide bonds. The number of aliphatic hydroxyl groups is 1. The molecule has 3 heteroatoms. The number of ketones is 1. The van der Waals surface area contributed by atoms with E-state index in [1.54, 1.807) is 0 Å². The predicted octanol–water partition coefficient (Wildman–Crippen LogP) is 3.09. The molecule has 0 aliphatic carbocycles. The molecule has 0 bridgehead atoms. The topological polar surface area (TPSA) is 37.3 Å². The number of aliphatic hydroxyl groups excluding tert-OH is 1. The molecule has 0 aromatic carbocycles. The number of carbonyl (C=O) groups excluding carboxylic acids is 1. The molecule has 0 saturated heterocycles. The first-order valence-electron chi connectivity index (χ1n) is 4.51. The molecule has 14 heavy (non-hydrogen) atoms. The summed E-state index contributed by atoms with van der Waals surface area (Å²) in [6.45, 7) is 11.1. The van der Waals surface area contributed by atoms with Gasteiger partial charge in [0.2, 0.25) is 0 Å². The molecule has 0 atom stereocenters. The summed E-state index contributed by atoms with van der Waals surface area (Å²) < 4.78 is 0. The summed E-state index contributed by atoms with van der Waals surface area (Å²) in [6, 6.07) is 0. The van der Waals surface area contributed by atoms with Crippen LogP contribution in [-0.4, -0.2) is 10.9 Å². The van der Waals surface area contributed by atoms with Gasteiger partial charge in [-0.15, -0.1) is 0 Å². The summed E-state index contributed by atoms with van der Waals surface area (Å²) in [4.78, 5) is 11.5. The molecule has 1 N–H and O–H groups in total. The summed E-state index contributed by atoms with van der Waals surface area (Å²) >= 11 is 0. The fourth-order valence-corrected chi connectivity index (χ4v) is 0.557. The molecule has 0 aromatic heterocycles. The third-order valence-electron chi connectivity index (χ3n) is 1.78. The van der Waals surface area contributed by atoms with Crippen molar-refractivity contribution < 1.29 is 32.3 Å². The van der Waals surface area contributed by atoms with Crippen molar-refractivity contribution in [2.24, 2.45) is 10.8 Å². The summed E-state index contributed by atoms with van der Waals surface area (Å²) in [5, 5.41) is 9.56. The maximum atomic E-state index is 11.5. The van der Waals surface area contributed by atoms with E-state index in [9.17, 15) is 9.90 Å². The molecule has 0 aliphatic heterocycles. The monoisotopic (exact) mass is 291 g/mol. The van der Waals surface area contributed by atoms with E-state index in [0.29, 0.717) is 0 Å². The molecule has 0 saturated carbocycles. The van der Waals surface area contributed by atoms with Crippen molar-refractivity contribution in [3.63, 3.8) is 0 Å². The molecule has 0 unspecified atom stereocenters. The Labute approximate surface area is 102 Å². The Kier molecular flexibility index (Phi) is 6.03. The van der Waals surface area contributed by atoms with Crippen molar-refractivity contribution in [2.75, 3.05) is 0 Å². The minimum Gasteiger partial charge on any atom is -0.512 e. The van der Waals surface area contributed by atoms with Crippen LogP contribution in [0.15, 0.2) is 11.8 Å². The summed E-state index contributed by atoms with van der Waals surface area (Å²) in [6.07, 6.45) is 1.33. The summed E-state index contributed by atoms with van der Waals surface area (Å²) in [5.74, 6) is 0.104. The molecule has 0 heterocycles. The zero-order chi connectivity index (χ0) is 10.9. The van der Waals surface area contributed by atoms with Gasteiger partial charge in [0.15, 0.2) is 5.78 Å². The van der Waals surface area contributed by atoms with Crippen LogP contribution in [0.25, 0.3) is 0 Å². The van der Waals surface area contributed by atoms with Gasteiger partial charge in [0.05, 0.1) is 0 Å². The Morgan fingerprint density at radius 1 is 1.00 bits per heavy atom. The number of rotatable bonds is 1. The van der Waals surface area contributed by atoms with Crippen molar-refractivity contribution >= 4 is 5.78 Å². The summed E-state index contributed by atoms with van der Waals surface area (Å²) in [5.41, 5.74) is -0.764. The smallest absolute Gasteiger partial charge is 0.164 e. The Balaban J connectivity index is 0. The maximum absolute atomic E-state index is 11.5. The van der Waals surface area contributed by atoms with E-state index in [-0.39, 0.29) is 39.3 Å². The van der Waals surface area contributed by atoms with Crippen LogP contribution < -0.4 is 0 Å². The molecule has 87 valence electrons. The fraction of sp³-hybridized carbons (Fsp3) is 0.727. The van der Waals surface area contributed by atoms with Crippen LogP contribution >= 0.6 is 0 Å². The van der Waals surface area contributed by atoms with Crippen molar-refractivity contribution in [1.29, 1.82) is 0 Å². The molecule has 0 rings (SSSR count). The van der Waals surface area contributed by atoms with Gasteiger partial charge in [-0.3, -0.25) is 4.79 Å². The second-order valence-corrected chi connectivity index (χ2v) is 5.39. The zero-order valence-corrected chi connectivity index (χ0v) is 11.2. The molecule has 0 fully saturated rings. The third-order valence-corrected chi connectivity index (χ3v) is 1.78. The van der Waals surface area contributed by atoms with Crippen LogP contribution in [0.5, 0.6) is 0 Å². The Bertz CT molecular complexity index is 229. The SMILES string of the molecule is CC(C)(C)C(=O)C=C(O)C(C)(C)C.[Ag]. The van der Waals surface area contributed by atoms with Gasteiger partial charge in [-0.25, -0.2) is 0 Å². The predicted molar refractivity (Wildman–Crippen MR) is 54.6 cm³/mol. The van der Waals surface area contributed by atoms with Gasteiger partial charge in [0.1, 0.15) is 5.76 Å². The van der Waals surface area contributed by atoms with E-state index in [1.165, 1.54) is 6.08 Å². The number of hydrogen-bond donors (Lipinski definition) is 1. The van der Waals surface area contributed by atoms with E-state index < -0.39 is 5.41 Å². The van der Waals surface area contributed by atoms with Crippen LogP contribution in [0.2, 0.25) is 0 Å². The molecule has 0 spiro atoms. The van der Waals surface area contributed by atoms with Crippen molar-refractivity contribution in [3.05, 3.63) is 11.8 Å². The van der Waals surface area contributed by atoms with Crippen molar-refractivity contribution in [3.8, 4) is 0 Å². The first-order chi connectivity index (χ1) is 5.55. The Morgan fingerprint density at radius 2 is 1.36 bits per heavy atom. The first-order valence-corrected chi connectivity index (χ1v) is 4.51. The van der Waals surface area contributed by atoms with E-state index >= 15 is 0 Å². The normalized spacial score (nSPS) is 13.4. The molecular formula is C11H20AgO2. The second kappa shape index (κ2) is 5.15. The second-order valence-electron chi connectivity index (χ2n) is 5.39. The van der Waals surface area contributed by atoms with Crippen LogP contribution in [0.1, 0.15) is 41.5 Å². The summed E-state index contributed by atoms with van der Waals surface area (Å²) in [7, 11) is 0. The zero-order valence-electron chi connectivity index (χ0n) is 9.73. The molecular weight excluding hydrogens is 272 g/mol. The average molecular weight is 292 g/mol. The van der Waals surface area contributed by atoms with Crippen molar-refractivity contribution in [1.82, 2.24) is 0 Å². The largest absolute Gasteiger partial charge is 0.512 e. The number of allylic oxidation sites excluding steroid dienone is 2. The standard InChI is InChI=1S/C11H20O2.Ag/c1-10(2,3)8(12)7-9(13)11(4,5)6;/h7,12H,1-6H3;. The van der Waals surface area contributed by atoms with Gasteiger partial charge < -0.3 is 5.11 Å². The van der Waals surface area contributed by atoms with E-state index in [4.69, 9.17) is 0 Å². The van der Waals surface area contributed by atoms with Gasteiger partial charge in [-0.2, -0.15) is 0 Å². The van der Waals surface area contributed by atoms with E-state index in [0.717, 1.165) is 0 Å². The average Bonchev–Trinajstić information content (AvgIpc) is 1.82. The molecule has 0 aliphatic rings. The van der Waals surface area contributed by atoms with Crippen molar-refractivity contribution in [2.45, 2.75) is 41.5 Å². The third kappa shape index (κ3) is 5.63. The van der Waals surface area contributed by atoms with Crippen LogP contribution in [0, 0.1) is 10.8 Å².